The number of nitrogens with zero attached hydrogens (tertiary/aromatic N) is 1. The Hall–Kier alpha value is -3.21. The molecule has 29 heavy (non-hydrogen) atoms. The number of carbonyl (C=O) groups is 2. The van der Waals surface area contributed by atoms with Crippen LogP contribution in [-0.2, 0) is 20.7 Å². The van der Waals surface area contributed by atoms with E-state index in [1.54, 1.807) is 6.20 Å². The van der Waals surface area contributed by atoms with Crippen molar-refractivity contribution in [2.24, 2.45) is 5.92 Å². The molecule has 0 saturated heterocycles. The predicted octanol–water partition coefficient (Wildman–Crippen LogP) is 4.89. The number of allylic oxidation sites excluding steroid dienone is 2. The minimum Gasteiger partial charge on any atom is -0.430 e. The van der Waals surface area contributed by atoms with Gasteiger partial charge in [0.2, 0.25) is 0 Å². The molecule has 3 rings (SSSR count). The fourth-order valence-electron chi connectivity index (χ4n) is 3.88. The van der Waals surface area contributed by atoms with Crippen LogP contribution in [0.5, 0.6) is 0 Å². The summed E-state index contributed by atoms with van der Waals surface area (Å²) in [5.74, 6) is -0.000481. The van der Waals surface area contributed by atoms with Crippen LogP contribution in [0.4, 0.5) is 4.79 Å². The topological polar surface area (TPSA) is 65.5 Å². The molecule has 1 aromatic carbocycles. The number of ether oxygens (including phenoxy) is 2. The zero-order chi connectivity index (χ0) is 21.0. The molecule has 1 heterocycles. The highest BCUT2D eigenvalue weighted by Gasteiger charge is 2.37. The van der Waals surface area contributed by atoms with Crippen LogP contribution < -0.4 is 0 Å². The molecule has 2 aromatic rings. The van der Waals surface area contributed by atoms with Crippen molar-refractivity contribution in [3.8, 4) is 0 Å². The molecular formula is C24H25NO4. The largest absolute Gasteiger partial charge is 0.513 e. The highest BCUT2D eigenvalue weighted by Crippen LogP contribution is 2.40. The minimum atomic E-state index is -0.828. The van der Waals surface area contributed by atoms with E-state index in [4.69, 9.17) is 9.47 Å². The molecule has 0 spiro atoms. The third-order valence-electron chi connectivity index (χ3n) is 4.96. The van der Waals surface area contributed by atoms with Crippen molar-refractivity contribution >= 4 is 17.5 Å². The molecule has 1 atom stereocenters. The number of rotatable bonds is 6. The summed E-state index contributed by atoms with van der Waals surface area (Å²) in [5.41, 5.74) is 5.20. The smallest absolute Gasteiger partial charge is 0.430 e. The molecule has 5 heteroatoms. The minimum absolute atomic E-state index is 0.0303. The summed E-state index contributed by atoms with van der Waals surface area (Å²) in [6, 6.07) is 9.69. The lowest BCUT2D eigenvalue weighted by Crippen LogP contribution is -2.14. The Labute approximate surface area is 171 Å². The number of aryl methyl sites for hydroxylation is 3. The second-order valence-corrected chi connectivity index (χ2v) is 7.31. The summed E-state index contributed by atoms with van der Waals surface area (Å²) < 4.78 is 10.5. The summed E-state index contributed by atoms with van der Waals surface area (Å²) in [5, 5.41) is 0. The van der Waals surface area contributed by atoms with Crippen LogP contribution in [0.1, 0.15) is 34.4 Å². The van der Waals surface area contributed by atoms with Gasteiger partial charge in [-0.15, -0.1) is 0 Å². The number of ketones is 1. The average molecular weight is 391 g/mol. The highest BCUT2D eigenvalue weighted by molar-refractivity contribution is 6.25. The molecule has 1 aliphatic rings. The molecule has 150 valence electrons. The van der Waals surface area contributed by atoms with Gasteiger partial charge < -0.3 is 9.47 Å². The van der Waals surface area contributed by atoms with Crippen molar-refractivity contribution in [3.05, 3.63) is 82.9 Å². The summed E-state index contributed by atoms with van der Waals surface area (Å²) in [6.45, 7) is 9.53. The molecule has 0 aliphatic heterocycles. The fraction of sp³-hybridized carbons (Fsp3) is 0.292. The van der Waals surface area contributed by atoms with Crippen LogP contribution in [0.15, 0.2) is 54.9 Å². The SMILES string of the molecule is C=CCOC(=O)OC1=C(c2c(C)cc(C)cc2C)C(=O)C(Cc2ccccn2)C1. The summed E-state index contributed by atoms with van der Waals surface area (Å²) in [4.78, 5) is 29.8. The van der Waals surface area contributed by atoms with Crippen LogP contribution in [0.3, 0.4) is 0 Å². The molecule has 0 saturated carbocycles. The van der Waals surface area contributed by atoms with Crippen molar-refractivity contribution in [1.82, 2.24) is 4.98 Å². The van der Waals surface area contributed by atoms with Gasteiger partial charge in [-0.3, -0.25) is 9.78 Å². The molecule has 0 bridgehead atoms. The van der Waals surface area contributed by atoms with E-state index in [-0.39, 0.29) is 18.3 Å². The quantitative estimate of drug-likeness (QED) is 0.518. The first-order chi connectivity index (χ1) is 13.9. The third-order valence-corrected chi connectivity index (χ3v) is 4.96. The van der Waals surface area contributed by atoms with E-state index in [1.807, 2.05) is 51.1 Å². The van der Waals surface area contributed by atoms with Gasteiger partial charge in [-0.1, -0.05) is 36.4 Å². The first kappa shape index (κ1) is 20.5. The van der Waals surface area contributed by atoms with Crippen LogP contribution in [-0.4, -0.2) is 23.5 Å². The lowest BCUT2D eigenvalue weighted by atomic mass is 9.90. The van der Waals surface area contributed by atoms with Gasteiger partial charge in [0.1, 0.15) is 12.4 Å². The average Bonchev–Trinajstić information content (AvgIpc) is 2.95. The van der Waals surface area contributed by atoms with Gasteiger partial charge in [-0.05, 0) is 49.6 Å². The Morgan fingerprint density at radius 3 is 2.59 bits per heavy atom. The number of carbonyl (C=O) groups excluding carboxylic acids is 2. The van der Waals surface area contributed by atoms with Gasteiger partial charge in [0.25, 0.3) is 0 Å². The van der Waals surface area contributed by atoms with Gasteiger partial charge >= 0.3 is 6.16 Å². The van der Waals surface area contributed by atoms with Crippen LogP contribution in [0.25, 0.3) is 5.57 Å². The van der Waals surface area contributed by atoms with E-state index in [1.165, 1.54) is 6.08 Å². The number of benzene rings is 1. The molecule has 0 fully saturated rings. The van der Waals surface area contributed by atoms with E-state index in [2.05, 4.69) is 11.6 Å². The standard InChI is InChI=1S/C24H25NO4/c1-5-10-28-24(27)29-20-14-18(13-19-8-6-7-9-25-19)23(26)22(20)21-16(3)11-15(2)12-17(21)4/h5-9,11-12,18H,1,10,13-14H2,2-4H3. The highest BCUT2D eigenvalue weighted by atomic mass is 16.7. The first-order valence-electron chi connectivity index (χ1n) is 9.61. The van der Waals surface area contributed by atoms with Crippen LogP contribution in [0.2, 0.25) is 0 Å². The van der Waals surface area contributed by atoms with E-state index in [9.17, 15) is 9.59 Å². The zero-order valence-corrected chi connectivity index (χ0v) is 17.0. The Morgan fingerprint density at radius 1 is 1.24 bits per heavy atom. The molecule has 1 aliphatic carbocycles. The molecular weight excluding hydrogens is 366 g/mol. The summed E-state index contributed by atoms with van der Waals surface area (Å²) in [7, 11) is 0. The summed E-state index contributed by atoms with van der Waals surface area (Å²) >= 11 is 0. The molecule has 0 radical (unpaired) electrons. The zero-order valence-electron chi connectivity index (χ0n) is 17.0. The monoisotopic (exact) mass is 391 g/mol. The Balaban J connectivity index is 1.98. The Kier molecular flexibility index (Phi) is 6.27. The predicted molar refractivity (Wildman–Crippen MR) is 111 cm³/mol. The normalized spacial score (nSPS) is 16.1. The number of hydrogen-bond acceptors (Lipinski definition) is 5. The number of pyridine rings is 1. The van der Waals surface area contributed by atoms with Crippen LogP contribution >= 0.6 is 0 Å². The Bertz CT molecular complexity index is 953. The van der Waals surface area contributed by atoms with E-state index in [0.29, 0.717) is 24.2 Å². The maximum atomic E-state index is 13.4. The van der Waals surface area contributed by atoms with E-state index in [0.717, 1.165) is 27.9 Å². The number of aromatic nitrogens is 1. The van der Waals surface area contributed by atoms with Crippen molar-refractivity contribution in [2.45, 2.75) is 33.6 Å². The summed E-state index contributed by atoms with van der Waals surface area (Å²) in [6.07, 6.45) is 3.17. The lowest BCUT2D eigenvalue weighted by molar-refractivity contribution is -0.116. The molecule has 0 N–H and O–H groups in total. The maximum absolute atomic E-state index is 13.4. The van der Waals surface area contributed by atoms with E-state index < -0.39 is 6.16 Å². The van der Waals surface area contributed by atoms with Crippen LogP contribution in [0, 0.1) is 26.7 Å². The van der Waals surface area contributed by atoms with Gasteiger partial charge in [0.15, 0.2) is 5.78 Å². The number of Topliss-reactive ketones (excluding diaryl/α,β-unsaturated/α-hetero) is 1. The second-order valence-electron chi connectivity index (χ2n) is 7.31. The lowest BCUT2D eigenvalue weighted by Gasteiger charge is -2.14. The van der Waals surface area contributed by atoms with Gasteiger partial charge in [0, 0.05) is 30.7 Å². The molecule has 1 aromatic heterocycles. The third kappa shape index (κ3) is 4.62. The number of hydrogen-bond donors (Lipinski definition) is 0. The van der Waals surface area contributed by atoms with Crippen molar-refractivity contribution < 1.29 is 19.1 Å². The van der Waals surface area contributed by atoms with Gasteiger partial charge in [0.05, 0.1) is 5.57 Å². The van der Waals surface area contributed by atoms with Crippen molar-refractivity contribution in [3.63, 3.8) is 0 Å². The second kappa shape index (κ2) is 8.86. The van der Waals surface area contributed by atoms with Crippen molar-refractivity contribution in [2.75, 3.05) is 6.61 Å². The van der Waals surface area contributed by atoms with Gasteiger partial charge in [-0.25, -0.2) is 4.79 Å². The molecule has 5 nitrogen and oxygen atoms in total. The fourth-order valence-corrected chi connectivity index (χ4v) is 3.88. The molecule has 1 unspecified atom stereocenters. The Morgan fingerprint density at radius 2 is 1.97 bits per heavy atom. The maximum Gasteiger partial charge on any atom is 0.513 e. The van der Waals surface area contributed by atoms with Crippen molar-refractivity contribution in [1.29, 1.82) is 0 Å². The first-order valence-corrected chi connectivity index (χ1v) is 9.61. The van der Waals surface area contributed by atoms with Gasteiger partial charge in [-0.2, -0.15) is 0 Å². The van der Waals surface area contributed by atoms with E-state index >= 15 is 0 Å². The molecule has 0 amide bonds.